The molecule has 1 aromatic heterocycles. The minimum Gasteiger partial charge on any atom is -0.623 e. The van der Waals surface area contributed by atoms with Crippen LogP contribution in [0.5, 0.6) is 0 Å². The molecule has 7 heteroatoms. The first-order chi connectivity index (χ1) is 9.00. The first-order valence-electron chi connectivity index (χ1n) is 5.40. The summed E-state index contributed by atoms with van der Waals surface area (Å²) in [6.45, 7) is 1.81. The largest absolute Gasteiger partial charge is 0.623 e. The van der Waals surface area contributed by atoms with Gasteiger partial charge in [-0.1, -0.05) is 17.7 Å². The highest BCUT2D eigenvalue weighted by Gasteiger charge is 2.21. The number of nitrogens with zero attached hydrogens (tertiary/aromatic N) is 2. The van der Waals surface area contributed by atoms with E-state index in [0.29, 0.717) is 10.7 Å². The maximum atomic E-state index is 12.2. The molecule has 0 spiro atoms. The van der Waals surface area contributed by atoms with E-state index in [1.165, 1.54) is 24.5 Å². The van der Waals surface area contributed by atoms with Crippen molar-refractivity contribution in [3.63, 3.8) is 0 Å². The first-order valence-corrected chi connectivity index (χ1v) is 5.77. The molecule has 1 aromatic carbocycles. The fourth-order valence-electron chi connectivity index (χ4n) is 1.61. The molecule has 0 bridgehead atoms. The second kappa shape index (κ2) is 5.31. The molecule has 1 unspecified atom stereocenters. The third-order valence-corrected chi connectivity index (χ3v) is 3.08. The lowest BCUT2D eigenvalue weighted by molar-refractivity contribution is -0.701. The van der Waals surface area contributed by atoms with Gasteiger partial charge in [-0.05, 0) is 12.5 Å². The van der Waals surface area contributed by atoms with Gasteiger partial charge in [0, 0.05) is 29.4 Å². The number of aromatic nitrogens is 1. The number of halogens is 1. The van der Waals surface area contributed by atoms with Crippen LogP contribution in [0.1, 0.15) is 5.56 Å². The van der Waals surface area contributed by atoms with Gasteiger partial charge in [-0.25, -0.2) is 0 Å². The zero-order chi connectivity index (χ0) is 14.0. The van der Waals surface area contributed by atoms with Crippen LogP contribution in [0.2, 0.25) is 5.02 Å². The Balaban J connectivity index is 2.46. The maximum Gasteiger partial charge on any atom is 0.333 e. The van der Waals surface area contributed by atoms with Crippen molar-refractivity contribution in [2.45, 2.75) is 6.92 Å². The van der Waals surface area contributed by atoms with E-state index >= 15 is 0 Å². The molecule has 1 atom stereocenters. The fraction of sp³-hybridized carbons (Fsp3) is 0.0833. The number of benzene rings is 1. The summed E-state index contributed by atoms with van der Waals surface area (Å²) in [6, 6.07) is 5.97. The van der Waals surface area contributed by atoms with Crippen molar-refractivity contribution in [1.29, 1.82) is 0 Å². The Kier molecular flexibility index (Phi) is 3.75. The van der Waals surface area contributed by atoms with Gasteiger partial charge in [-0.15, -0.1) is 0 Å². The third-order valence-electron chi connectivity index (χ3n) is 2.67. The molecular weight excluding hydrogens is 270 g/mol. The second-order valence-corrected chi connectivity index (χ2v) is 4.35. The van der Waals surface area contributed by atoms with Gasteiger partial charge in [0.25, 0.3) is 0 Å². The summed E-state index contributed by atoms with van der Waals surface area (Å²) in [6.07, 6.45) is 2.46. The van der Waals surface area contributed by atoms with E-state index in [1.54, 1.807) is 12.1 Å². The van der Waals surface area contributed by atoms with Crippen LogP contribution in [0.15, 0.2) is 36.7 Å². The topological polar surface area (TPSA) is 83.5 Å². The van der Waals surface area contributed by atoms with Crippen molar-refractivity contribution in [1.82, 2.24) is 4.98 Å². The predicted molar refractivity (Wildman–Crippen MR) is 70.7 cm³/mol. The second-order valence-electron chi connectivity index (χ2n) is 3.94. The summed E-state index contributed by atoms with van der Waals surface area (Å²) in [5.74, 6) is 0. The van der Waals surface area contributed by atoms with E-state index in [0.717, 1.165) is 5.56 Å². The van der Waals surface area contributed by atoms with Gasteiger partial charge in [0.05, 0.1) is 11.1 Å². The maximum absolute atomic E-state index is 12.2. The highest BCUT2D eigenvalue weighted by molar-refractivity contribution is 6.31. The normalized spacial score (nSPS) is 12.2. The zero-order valence-electron chi connectivity index (χ0n) is 9.96. The van der Waals surface area contributed by atoms with Gasteiger partial charge < -0.3 is 10.3 Å². The Morgan fingerprint density at radius 2 is 2.11 bits per heavy atom. The lowest BCUT2D eigenvalue weighted by Gasteiger charge is -2.20. The molecule has 0 saturated heterocycles. The number of hydrogen-bond donors (Lipinski definition) is 1. The van der Waals surface area contributed by atoms with Crippen LogP contribution >= 0.6 is 11.6 Å². The minimum atomic E-state index is -0.606. The van der Waals surface area contributed by atoms with Gasteiger partial charge in [0.15, 0.2) is 0 Å². The van der Waals surface area contributed by atoms with Crippen LogP contribution in [0, 0.1) is 22.2 Å². The molecule has 0 aliphatic rings. The molecule has 2 rings (SSSR count). The van der Waals surface area contributed by atoms with E-state index in [4.69, 9.17) is 11.6 Å². The van der Waals surface area contributed by atoms with Crippen molar-refractivity contribution in [2.75, 3.05) is 0 Å². The van der Waals surface area contributed by atoms with Crippen molar-refractivity contribution >= 4 is 28.7 Å². The number of pyridine rings is 1. The lowest BCUT2D eigenvalue weighted by atomic mass is 10.2. The Hall–Kier alpha value is -2.02. The molecular formula is C12H10ClN3O3. The number of rotatable bonds is 3. The number of hydrogen-bond acceptors (Lipinski definition) is 4. The Bertz CT molecular complexity index is 633. The quantitative estimate of drug-likeness (QED) is 0.690. The smallest absolute Gasteiger partial charge is 0.333 e. The summed E-state index contributed by atoms with van der Waals surface area (Å²) in [5.41, 5.74) is 0.815. The van der Waals surface area contributed by atoms with Crippen LogP contribution in [-0.4, -0.2) is 9.91 Å². The molecule has 98 valence electrons. The summed E-state index contributed by atoms with van der Waals surface area (Å²) < 4.78 is 0. The number of quaternary nitrogens is 1. The average molecular weight is 280 g/mol. The van der Waals surface area contributed by atoms with Gasteiger partial charge in [-0.3, -0.25) is 15.1 Å². The molecule has 0 radical (unpaired) electrons. The van der Waals surface area contributed by atoms with Crippen LogP contribution < -0.4 is 5.06 Å². The van der Waals surface area contributed by atoms with Crippen molar-refractivity contribution < 1.29 is 9.99 Å². The summed E-state index contributed by atoms with van der Waals surface area (Å²) in [7, 11) is 0. The molecule has 0 fully saturated rings. The summed E-state index contributed by atoms with van der Waals surface area (Å²) in [5, 5.41) is 23.1. The summed E-state index contributed by atoms with van der Waals surface area (Å²) in [4.78, 5) is 14.0. The Morgan fingerprint density at radius 1 is 1.37 bits per heavy atom. The molecule has 0 amide bonds. The number of nitrogens with one attached hydrogen (secondary N) is 1. The monoisotopic (exact) mass is 279 g/mol. The van der Waals surface area contributed by atoms with Crippen molar-refractivity contribution in [3.8, 4) is 0 Å². The molecule has 1 N–H and O–H groups in total. The van der Waals surface area contributed by atoms with Gasteiger partial charge in [0.1, 0.15) is 5.69 Å². The van der Waals surface area contributed by atoms with Crippen LogP contribution in [0.3, 0.4) is 0 Å². The van der Waals surface area contributed by atoms with Crippen LogP contribution in [0.4, 0.5) is 17.1 Å². The number of aryl methyl sites for hydroxylation is 1. The summed E-state index contributed by atoms with van der Waals surface area (Å²) >= 11 is 5.95. The molecule has 0 saturated carbocycles. The van der Waals surface area contributed by atoms with Gasteiger partial charge >= 0.3 is 5.69 Å². The van der Waals surface area contributed by atoms with Crippen molar-refractivity contribution in [3.05, 3.63) is 62.6 Å². The standard InChI is InChI=1S/C12H10ClN3O3/c1-8-2-3-9(6-10(8)13)15(17)12-7-14-5-4-11(12)16(18)19/h2-7,15H,1H3. The molecule has 0 aliphatic carbocycles. The van der Waals surface area contributed by atoms with Gasteiger partial charge in [0.2, 0.25) is 5.69 Å². The number of nitro groups is 1. The van der Waals surface area contributed by atoms with E-state index in [1.807, 2.05) is 6.92 Å². The van der Waals surface area contributed by atoms with Crippen LogP contribution in [0.25, 0.3) is 0 Å². The molecule has 0 aliphatic heterocycles. The Labute approximate surface area is 114 Å². The van der Waals surface area contributed by atoms with E-state index in [9.17, 15) is 15.3 Å². The van der Waals surface area contributed by atoms with Gasteiger partial charge in [-0.2, -0.15) is 0 Å². The molecule has 19 heavy (non-hydrogen) atoms. The van der Waals surface area contributed by atoms with E-state index in [2.05, 4.69) is 4.98 Å². The lowest BCUT2D eigenvalue weighted by Crippen LogP contribution is -2.96. The Morgan fingerprint density at radius 3 is 2.74 bits per heavy atom. The highest BCUT2D eigenvalue weighted by Crippen LogP contribution is 2.22. The molecule has 6 nitrogen and oxygen atoms in total. The SMILES string of the molecule is Cc1ccc([NH+]([O-])c2cnccc2[N+](=O)[O-])cc1Cl. The van der Waals surface area contributed by atoms with Crippen molar-refractivity contribution in [2.24, 2.45) is 0 Å². The zero-order valence-corrected chi connectivity index (χ0v) is 10.7. The first kappa shape index (κ1) is 13.4. The molecule has 1 heterocycles. The fourth-order valence-corrected chi connectivity index (χ4v) is 1.79. The molecule has 2 aromatic rings. The van der Waals surface area contributed by atoms with E-state index < -0.39 is 9.99 Å². The highest BCUT2D eigenvalue weighted by atomic mass is 35.5. The van der Waals surface area contributed by atoms with E-state index in [-0.39, 0.29) is 11.4 Å². The minimum absolute atomic E-state index is 0.0487. The van der Waals surface area contributed by atoms with Crippen LogP contribution in [-0.2, 0) is 0 Å². The predicted octanol–water partition coefficient (Wildman–Crippen LogP) is 2.30. The third kappa shape index (κ3) is 2.70. The average Bonchev–Trinajstić information content (AvgIpc) is 2.41.